The van der Waals surface area contributed by atoms with Crippen LogP contribution in [0.25, 0.3) is 0 Å². The number of amides is 1. The number of ether oxygens (including phenoxy) is 2. The summed E-state index contributed by atoms with van der Waals surface area (Å²) in [4.78, 5) is 23.8. The van der Waals surface area contributed by atoms with Crippen LogP contribution >= 0.6 is 0 Å². The lowest BCUT2D eigenvalue weighted by Gasteiger charge is -2.26. The van der Waals surface area contributed by atoms with E-state index < -0.39 is 11.7 Å². The van der Waals surface area contributed by atoms with E-state index in [1.807, 2.05) is 58.0 Å². The third-order valence-corrected chi connectivity index (χ3v) is 3.71. The first-order valence-electron chi connectivity index (χ1n) is 7.98. The first-order valence-corrected chi connectivity index (χ1v) is 7.98. The van der Waals surface area contributed by atoms with Gasteiger partial charge in [0.1, 0.15) is 11.7 Å². The van der Waals surface area contributed by atoms with Crippen LogP contribution in [0.5, 0.6) is 0 Å². The molecule has 3 atom stereocenters. The van der Waals surface area contributed by atoms with E-state index in [1.165, 1.54) is 0 Å². The Kier molecular flexibility index (Phi) is 5.29. The van der Waals surface area contributed by atoms with Gasteiger partial charge in [0, 0.05) is 0 Å². The summed E-state index contributed by atoms with van der Waals surface area (Å²) in [6.07, 6.45) is 0.371. The van der Waals surface area contributed by atoms with Crippen LogP contribution < -0.4 is 5.32 Å². The molecule has 0 aliphatic carbocycles. The van der Waals surface area contributed by atoms with E-state index in [0.717, 1.165) is 5.56 Å². The van der Waals surface area contributed by atoms with Crippen LogP contribution in [0.2, 0.25) is 0 Å². The fraction of sp³-hybridized carbons (Fsp3) is 0.556. The Balaban J connectivity index is 2.08. The molecule has 1 N–H and O–H groups in total. The molecule has 0 saturated carbocycles. The van der Waals surface area contributed by atoms with Crippen molar-refractivity contribution in [2.45, 2.75) is 58.3 Å². The molecular weight excluding hydrogens is 294 g/mol. The van der Waals surface area contributed by atoms with Crippen molar-refractivity contribution in [2.75, 3.05) is 0 Å². The Morgan fingerprint density at radius 3 is 2.52 bits per heavy atom. The molecule has 0 aromatic heterocycles. The van der Waals surface area contributed by atoms with Crippen molar-refractivity contribution in [1.82, 2.24) is 5.32 Å². The zero-order chi connectivity index (χ0) is 17.0. The molecule has 1 aliphatic rings. The van der Waals surface area contributed by atoms with E-state index >= 15 is 0 Å². The van der Waals surface area contributed by atoms with Crippen molar-refractivity contribution >= 4 is 12.1 Å². The van der Waals surface area contributed by atoms with Gasteiger partial charge in [0.25, 0.3) is 0 Å². The fourth-order valence-electron chi connectivity index (χ4n) is 2.61. The van der Waals surface area contributed by atoms with Crippen LogP contribution in [0, 0.1) is 5.92 Å². The summed E-state index contributed by atoms with van der Waals surface area (Å²) in [5.41, 5.74) is 0.505. The van der Waals surface area contributed by atoms with Gasteiger partial charge in [0.15, 0.2) is 0 Å². The largest absolute Gasteiger partial charge is 0.460 e. The van der Waals surface area contributed by atoms with Gasteiger partial charge >= 0.3 is 12.1 Å². The zero-order valence-electron chi connectivity index (χ0n) is 14.2. The molecular formula is C18H25NO4. The standard InChI is InChI=1S/C18H25NO4/c1-12-10-15(22-16(12)20)14(11-13-8-6-5-7-9-13)19-17(21)23-18(2,3)4/h5-9,12,14-15H,10-11H2,1-4H3,(H,19,21)/t12-,14?,15-/m1/s1. The van der Waals surface area contributed by atoms with Crippen LogP contribution in [-0.2, 0) is 20.7 Å². The van der Waals surface area contributed by atoms with E-state index in [-0.39, 0.29) is 24.0 Å². The second-order valence-electron chi connectivity index (χ2n) is 7.05. The number of hydrogen-bond acceptors (Lipinski definition) is 4. The van der Waals surface area contributed by atoms with E-state index in [1.54, 1.807) is 0 Å². The number of carbonyl (C=O) groups is 2. The minimum atomic E-state index is -0.568. The quantitative estimate of drug-likeness (QED) is 0.866. The van der Waals surface area contributed by atoms with Gasteiger partial charge in [-0.05, 0) is 39.2 Å². The average Bonchev–Trinajstić information content (AvgIpc) is 2.77. The second kappa shape index (κ2) is 7.02. The average molecular weight is 319 g/mol. The van der Waals surface area contributed by atoms with Crippen molar-refractivity contribution in [2.24, 2.45) is 5.92 Å². The number of cyclic esters (lactones) is 1. The fourth-order valence-corrected chi connectivity index (χ4v) is 2.61. The minimum Gasteiger partial charge on any atom is -0.460 e. The number of carbonyl (C=O) groups excluding carboxylic acids is 2. The van der Waals surface area contributed by atoms with Crippen molar-refractivity contribution in [3.05, 3.63) is 35.9 Å². The first-order chi connectivity index (χ1) is 10.7. The highest BCUT2D eigenvalue weighted by molar-refractivity contribution is 5.74. The molecule has 126 valence electrons. The molecule has 1 unspecified atom stereocenters. The van der Waals surface area contributed by atoms with Gasteiger partial charge in [-0.1, -0.05) is 37.3 Å². The molecule has 0 radical (unpaired) electrons. The lowest BCUT2D eigenvalue weighted by atomic mass is 9.97. The molecule has 1 fully saturated rings. The van der Waals surface area contributed by atoms with Gasteiger partial charge in [-0.15, -0.1) is 0 Å². The highest BCUT2D eigenvalue weighted by atomic mass is 16.6. The van der Waals surface area contributed by atoms with Crippen LogP contribution in [-0.4, -0.2) is 29.8 Å². The van der Waals surface area contributed by atoms with Gasteiger partial charge in [-0.25, -0.2) is 4.79 Å². The normalized spacial score (nSPS) is 22.3. The van der Waals surface area contributed by atoms with E-state index in [0.29, 0.717) is 12.8 Å². The molecule has 1 heterocycles. The number of esters is 1. The molecule has 1 amide bonds. The van der Waals surface area contributed by atoms with Crippen LogP contribution in [0.1, 0.15) is 39.7 Å². The third-order valence-electron chi connectivity index (χ3n) is 3.71. The van der Waals surface area contributed by atoms with Gasteiger partial charge in [0.05, 0.1) is 12.0 Å². The van der Waals surface area contributed by atoms with E-state index in [4.69, 9.17) is 9.47 Å². The molecule has 1 saturated heterocycles. The van der Waals surface area contributed by atoms with Crippen molar-refractivity contribution in [3.63, 3.8) is 0 Å². The summed E-state index contributed by atoms with van der Waals surface area (Å²) in [6, 6.07) is 9.51. The summed E-state index contributed by atoms with van der Waals surface area (Å²) < 4.78 is 10.8. The molecule has 5 heteroatoms. The van der Waals surface area contributed by atoms with Crippen molar-refractivity contribution < 1.29 is 19.1 Å². The number of rotatable bonds is 4. The highest BCUT2D eigenvalue weighted by Crippen LogP contribution is 2.25. The minimum absolute atomic E-state index is 0.140. The maximum Gasteiger partial charge on any atom is 0.408 e. The van der Waals surface area contributed by atoms with E-state index in [2.05, 4.69) is 5.32 Å². The van der Waals surface area contributed by atoms with Gasteiger partial charge < -0.3 is 14.8 Å². The Morgan fingerprint density at radius 2 is 2.00 bits per heavy atom. The Labute approximate surface area is 137 Å². The molecule has 5 nitrogen and oxygen atoms in total. The molecule has 1 aromatic carbocycles. The Hall–Kier alpha value is -2.04. The van der Waals surface area contributed by atoms with Crippen LogP contribution in [0.4, 0.5) is 4.79 Å². The molecule has 23 heavy (non-hydrogen) atoms. The lowest BCUT2D eigenvalue weighted by Crippen LogP contribution is -2.46. The number of hydrogen-bond donors (Lipinski definition) is 1. The van der Waals surface area contributed by atoms with Crippen molar-refractivity contribution in [1.29, 1.82) is 0 Å². The summed E-state index contributed by atoms with van der Waals surface area (Å²) in [6.45, 7) is 7.29. The number of alkyl carbamates (subject to hydrolysis) is 1. The zero-order valence-corrected chi connectivity index (χ0v) is 14.2. The maximum atomic E-state index is 12.1. The van der Waals surface area contributed by atoms with Crippen LogP contribution in [0.3, 0.4) is 0 Å². The monoisotopic (exact) mass is 319 g/mol. The molecule has 1 aromatic rings. The Bertz CT molecular complexity index is 550. The second-order valence-corrected chi connectivity index (χ2v) is 7.05. The van der Waals surface area contributed by atoms with Gasteiger partial charge in [-0.3, -0.25) is 4.79 Å². The lowest BCUT2D eigenvalue weighted by molar-refractivity contribution is -0.144. The smallest absolute Gasteiger partial charge is 0.408 e. The molecule has 0 bridgehead atoms. The van der Waals surface area contributed by atoms with E-state index in [9.17, 15) is 9.59 Å². The summed E-state index contributed by atoms with van der Waals surface area (Å²) in [7, 11) is 0. The predicted molar refractivity (Wildman–Crippen MR) is 87.0 cm³/mol. The first kappa shape index (κ1) is 17.3. The maximum absolute atomic E-state index is 12.1. The number of nitrogens with one attached hydrogen (secondary N) is 1. The predicted octanol–water partition coefficient (Wildman–Crippen LogP) is 3.07. The third kappa shape index (κ3) is 5.27. The van der Waals surface area contributed by atoms with Crippen LogP contribution in [0.15, 0.2) is 30.3 Å². The number of benzene rings is 1. The summed E-state index contributed by atoms with van der Waals surface area (Å²) in [5.74, 6) is -0.349. The Morgan fingerprint density at radius 1 is 1.35 bits per heavy atom. The molecule has 2 rings (SSSR count). The van der Waals surface area contributed by atoms with Gasteiger partial charge in [0.2, 0.25) is 0 Å². The highest BCUT2D eigenvalue weighted by Gasteiger charge is 2.37. The van der Waals surface area contributed by atoms with Gasteiger partial charge in [-0.2, -0.15) is 0 Å². The SMILES string of the molecule is C[C@@H]1C[C@H](C(Cc2ccccc2)NC(=O)OC(C)(C)C)OC1=O. The topological polar surface area (TPSA) is 64.6 Å². The molecule has 0 spiro atoms. The molecule has 1 aliphatic heterocycles. The summed E-state index contributed by atoms with van der Waals surface area (Å²) >= 11 is 0. The summed E-state index contributed by atoms with van der Waals surface area (Å²) in [5, 5.41) is 2.87. The van der Waals surface area contributed by atoms with Crippen molar-refractivity contribution in [3.8, 4) is 0 Å².